The van der Waals surface area contributed by atoms with Crippen LogP contribution in [-0.2, 0) is 0 Å². The van der Waals surface area contributed by atoms with Gasteiger partial charge in [-0.3, -0.25) is 0 Å². The maximum Gasteiger partial charge on any atom is 0.115 e. The molecule has 3 heteroatoms. The minimum Gasteiger partial charge on any atom is -0.508 e. The summed E-state index contributed by atoms with van der Waals surface area (Å²) >= 11 is 9.49. The molecule has 0 aliphatic carbocycles. The lowest BCUT2D eigenvalue weighted by Gasteiger charge is -2.05. The number of hydrogen-bond acceptors (Lipinski definition) is 1. The first-order chi connectivity index (χ1) is 7.16. The Kier molecular flexibility index (Phi) is 2.98. The molecule has 0 bridgehead atoms. The van der Waals surface area contributed by atoms with Crippen LogP contribution < -0.4 is 0 Å². The summed E-state index contributed by atoms with van der Waals surface area (Å²) in [5.41, 5.74) is 1.94. The number of benzene rings is 2. The molecule has 0 aliphatic heterocycles. The van der Waals surface area contributed by atoms with Gasteiger partial charge < -0.3 is 5.11 Å². The fourth-order valence-corrected chi connectivity index (χ4v) is 1.95. The zero-order valence-electron chi connectivity index (χ0n) is 7.74. The van der Waals surface area contributed by atoms with E-state index in [4.69, 9.17) is 11.6 Å². The molecule has 2 aromatic carbocycles. The van der Waals surface area contributed by atoms with Crippen molar-refractivity contribution in [2.24, 2.45) is 0 Å². The van der Waals surface area contributed by atoms with E-state index in [-0.39, 0.29) is 5.75 Å². The molecule has 0 fully saturated rings. The number of hydrogen-bond donors (Lipinski definition) is 1. The predicted octanol–water partition coefficient (Wildman–Crippen LogP) is 4.48. The highest BCUT2D eigenvalue weighted by Gasteiger charge is 2.03. The van der Waals surface area contributed by atoms with Crippen LogP contribution in [0.3, 0.4) is 0 Å². The third kappa shape index (κ3) is 2.33. The largest absolute Gasteiger partial charge is 0.508 e. The lowest BCUT2D eigenvalue weighted by Crippen LogP contribution is -1.79. The fraction of sp³-hybridized carbons (Fsp3) is 0. The van der Waals surface area contributed by atoms with E-state index in [9.17, 15) is 5.11 Å². The van der Waals surface area contributed by atoms with Gasteiger partial charge in [-0.15, -0.1) is 0 Å². The Balaban J connectivity index is 2.53. The van der Waals surface area contributed by atoms with Crippen molar-refractivity contribution < 1.29 is 5.11 Å². The summed E-state index contributed by atoms with van der Waals surface area (Å²) in [5.74, 6) is 0.255. The number of halogens is 2. The summed E-state index contributed by atoms with van der Waals surface area (Å²) in [7, 11) is 0. The molecular weight excluding hydrogens is 275 g/mol. The van der Waals surface area contributed by atoms with Crippen molar-refractivity contribution in [3.63, 3.8) is 0 Å². The van der Waals surface area contributed by atoms with Crippen LogP contribution in [-0.4, -0.2) is 5.11 Å². The molecule has 2 rings (SSSR count). The van der Waals surface area contributed by atoms with Crippen LogP contribution in [0.2, 0.25) is 5.02 Å². The predicted molar refractivity (Wildman–Crippen MR) is 66.3 cm³/mol. The standard InChI is InChI=1S/C12H8BrClO/c13-9-3-6-12(14)11(7-9)8-1-4-10(15)5-2-8/h1-7,15H. The molecular formula is C12H8BrClO. The molecule has 0 unspecified atom stereocenters. The first-order valence-corrected chi connectivity index (χ1v) is 5.58. The summed E-state index contributed by atoms with van der Waals surface area (Å²) in [4.78, 5) is 0. The highest BCUT2D eigenvalue weighted by molar-refractivity contribution is 9.10. The molecule has 0 radical (unpaired) electrons. The van der Waals surface area contributed by atoms with Crippen LogP contribution in [0.4, 0.5) is 0 Å². The Labute approximate surface area is 101 Å². The highest BCUT2D eigenvalue weighted by atomic mass is 79.9. The first kappa shape index (κ1) is 10.5. The van der Waals surface area contributed by atoms with Gasteiger partial charge in [-0.05, 0) is 35.9 Å². The Hall–Kier alpha value is -0.990. The first-order valence-electron chi connectivity index (χ1n) is 4.41. The van der Waals surface area contributed by atoms with Crippen molar-refractivity contribution in [1.82, 2.24) is 0 Å². The van der Waals surface area contributed by atoms with Gasteiger partial charge in [0.05, 0.1) is 0 Å². The van der Waals surface area contributed by atoms with Gasteiger partial charge >= 0.3 is 0 Å². The van der Waals surface area contributed by atoms with Crippen molar-refractivity contribution in [3.05, 3.63) is 52.0 Å². The Morgan fingerprint density at radius 3 is 2.33 bits per heavy atom. The van der Waals surface area contributed by atoms with Gasteiger partial charge in [0.1, 0.15) is 5.75 Å². The molecule has 0 saturated heterocycles. The SMILES string of the molecule is Oc1ccc(-c2cc(Br)ccc2Cl)cc1. The van der Waals surface area contributed by atoms with Crippen LogP contribution in [0, 0.1) is 0 Å². The van der Waals surface area contributed by atoms with E-state index in [1.807, 2.05) is 30.3 Å². The fourth-order valence-electron chi connectivity index (χ4n) is 1.36. The zero-order valence-corrected chi connectivity index (χ0v) is 10.1. The third-order valence-electron chi connectivity index (χ3n) is 2.11. The third-order valence-corrected chi connectivity index (χ3v) is 2.93. The second-order valence-corrected chi connectivity index (χ2v) is 4.49. The normalized spacial score (nSPS) is 10.3. The highest BCUT2D eigenvalue weighted by Crippen LogP contribution is 2.31. The lowest BCUT2D eigenvalue weighted by molar-refractivity contribution is 0.475. The number of phenols is 1. The Bertz CT molecular complexity index is 479. The van der Waals surface area contributed by atoms with Gasteiger partial charge in [-0.25, -0.2) is 0 Å². The topological polar surface area (TPSA) is 20.2 Å². The smallest absolute Gasteiger partial charge is 0.115 e. The van der Waals surface area contributed by atoms with Crippen molar-refractivity contribution >= 4 is 27.5 Å². The minimum absolute atomic E-state index is 0.255. The summed E-state index contributed by atoms with van der Waals surface area (Å²) in [6.07, 6.45) is 0. The van der Waals surface area contributed by atoms with Crippen molar-refractivity contribution in [2.75, 3.05) is 0 Å². The molecule has 76 valence electrons. The van der Waals surface area contributed by atoms with Gasteiger partial charge in [0.15, 0.2) is 0 Å². The molecule has 0 atom stereocenters. The monoisotopic (exact) mass is 282 g/mol. The molecule has 15 heavy (non-hydrogen) atoms. The minimum atomic E-state index is 0.255. The van der Waals surface area contributed by atoms with E-state index in [0.717, 1.165) is 15.6 Å². The maximum atomic E-state index is 9.19. The van der Waals surface area contributed by atoms with Gasteiger partial charge in [-0.2, -0.15) is 0 Å². The van der Waals surface area contributed by atoms with E-state index in [2.05, 4.69) is 15.9 Å². The van der Waals surface area contributed by atoms with E-state index in [0.29, 0.717) is 5.02 Å². The second kappa shape index (κ2) is 4.25. The molecule has 1 nitrogen and oxygen atoms in total. The van der Waals surface area contributed by atoms with Crippen molar-refractivity contribution in [3.8, 4) is 16.9 Å². The van der Waals surface area contributed by atoms with Crippen molar-refractivity contribution in [1.29, 1.82) is 0 Å². The lowest BCUT2D eigenvalue weighted by atomic mass is 10.1. The van der Waals surface area contributed by atoms with Crippen LogP contribution in [0.1, 0.15) is 0 Å². The number of rotatable bonds is 1. The molecule has 0 saturated carbocycles. The van der Waals surface area contributed by atoms with Gasteiger partial charge in [0.2, 0.25) is 0 Å². The van der Waals surface area contributed by atoms with E-state index in [1.165, 1.54) is 0 Å². The van der Waals surface area contributed by atoms with E-state index < -0.39 is 0 Å². The van der Waals surface area contributed by atoms with E-state index >= 15 is 0 Å². The average molecular weight is 284 g/mol. The summed E-state index contributed by atoms with van der Waals surface area (Å²) < 4.78 is 0.981. The molecule has 0 heterocycles. The quantitative estimate of drug-likeness (QED) is 0.818. The van der Waals surface area contributed by atoms with Gasteiger partial charge in [0, 0.05) is 15.1 Å². The molecule has 2 aromatic rings. The summed E-state index contributed by atoms with van der Waals surface area (Å²) in [5, 5.41) is 9.88. The number of phenolic OH excluding ortho intramolecular Hbond substituents is 1. The maximum absolute atomic E-state index is 9.19. The van der Waals surface area contributed by atoms with Gasteiger partial charge in [0.25, 0.3) is 0 Å². The molecule has 0 amide bonds. The molecule has 0 spiro atoms. The molecule has 0 aliphatic rings. The summed E-state index contributed by atoms with van der Waals surface area (Å²) in [6, 6.07) is 12.7. The zero-order chi connectivity index (χ0) is 10.8. The Morgan fingerprint density at radius 1 is 1.00 bits per heavy atom. The van der Waals surface area contributed by atoms with Crippen LogP contribution >= 0.6 is 27.5 Å². The summed E-state index contributed by atoms with van der Waals surface area (Å²) in [6.45, 7) is 0. The second-order valence-electron chi connectivity index (χ2n) is 3.17. The molecule has 0 aromatic heterocycles. The van der Waals surface area contributed by atoms with Gasteiger partial charge in [-0.1, -0.05) is 39.7 Å². The van der Waals surface area contributed by atoms with Crippen LogP contribution in [0.5, 0.6) is 5.75 Å². The average Bonchev–Trinajstić information content (AvgIpc) is 2.23. The van der Waals surface area contributed by atoms with Crippen LogP contribution in [0.25, 0.3) is 11.1 Å². The van der Waals surface area contributed by atoms with Crippen LogP contribution in [0.15, 0.2) is 46.9 Å². The van der Waals surface area contributed by atoms with Crippen molar-refractivity contribution in [2.45, 2.75) is 0 Å². The number of aromatic hydroxyl groups is 1. The van der Waals surface area contributed by atoms with E-state index in [1.54, 1.807) is 12.1 Å². The Morgan fingerprint density at radius 2 is 1.67 bits per heavy atom. The molecule has 1 N–H and O–H groups in total.